The van der Waals surface area contributed by atoms with Gasteiger partial charge < -0.3 is 10.8 Å². The Morgan fingerprint density at radius 2 is 2.29 bits per heavy atom. The molecular formula is C8H7BrClFN2O. The topological polar surface area (TPSA) is 58.6 Å². The third-order valence-electron chi connectivity index (χ3n) is 1.40. The van der Waals surface area contributed by atoms with Crippen LogP contribution in [0.4, 0.5) is 10.1 Å². The van der Waals surface area contributed by atoms with Gasteiger partial charge in [-0.3, -0.25) is 0 Å². The zero-order valence-corrected chi connectivity index (χ0v) is 9.31. The summed E-state index contributed by atoms with van der Waals surface area (Å²) in [5.74, 6) is -0.923. The summed E-state index contributed by atoms with van der Waals surface area (Å²) >= 11 is 8.39. The summed E-state index contributed by atoms with van der Waals surface area (Å²) in [6.07, 6.45) is 0. The zero-order valence-electron chi connectivity index (χ0n) is 6.97. The molecule has 1 aromatic rings. The molecule has 0 aliphatic carbocycles. The van der Waals surface area contributed by atoms with E-state index in [0.717, 1.165) is 0 Å². The van der Waals surface area contributed by atoms with E-state index >= 15 is 0 Å². The van der Waals surface area contributed by atoms with Gasteiger partial charge >= 0.3 is 0 Å². The molecule has 1 rings (SSSR count). The summed E-state index contributed by atoms with van der Waals surface area (Å²) in [5.41, 5.74) is 5.11. The van der Waals surface area contributed by atoms with E-state index in [1.54, 1.807) is 0 Å². The van der Waals surface area contributed by atoms with E-state index in [2.05, 4.69) is 20.9 Å². The third kappa shape index (κ3) is 2.59. The fourth-order valence-corrected chi connectivity index (χ4v) is 1.31. The van der Waals surface area contributed by atoms with Crippen molar-refractivity contribution < 1.29 is 9.50 Å². The number of rotatable bonds is 2. The predicted octanol–water partition coefficient (Wildman–Crippen LogP) is 2.52. The minimum absolute atomic E-state index is 0.0189. The van der Waals surface area contributed by atoms with Crippen molar-refractivity contribution in [3.8, 4) is 5.75 Å². The number of nitrogens with two attached hydrogens (primary N) is 1. The van der Waals surface area contributed by atoms with Crippen molar-refractivity contribution in [2.24, 2.45) is 10.7 Å². The number of amidine groups is 1. The first-order valence-corrected chi connectivity index (χ1v) is 4.94. The summed E-state index contributed by atoms with van der Waals surface area (Å²) in [5, 5.41) is 9.34. The molecule has 0 unspecified atom stereocenters. The Morgan fingerprint density at radius 1 is 1.64 bits per heavy atom. The van der Waals surface area contributed by atoms with Crippen LogP contribution in [0.1, 0.15) is 0 Å². The normalized spacial score (nSPS) is 11.8. The van der Waals surface area contributed by atoms with Crippen molar-refractivity contribution in [2.75, 3.05) is 5.88 Å². The van der Waals surface area contributed by atoms with Crippen LogP contribution < -0.4 is 5.73 Å². The second-order valence-electron chi connectivity index (χ2n) is 2.49. The summed E-state index contributed by atoms with van der Waals surface area (Å²) in [7, 11) is 0. The Kier molecular flexibility index (Phi) is 3.71. The molecule has 0 amide bonds. The van der Waals surface area contributed by atoms with E-state index in [0.29, 0.717) is 4.47 Å². The van der Waals surface area contributed by atoms with Crippen molar-refractivity contribution in [1.29, 1.82) is 0 Å². The van der Waals surface area contributed by atoms with E-state index in [1.165, 1.54) is 12.1 Å². The second kappa shape index (κ2) is 4.61. The molecule has 0 atom stereocenters. The number of halogens is 3. The van der Waals surface area contributed by atoms with E-state index < -0.39 is 5.82 Å². The van der Waals surface area contributed by atoms with Crippen molar-refractivity contribution in [1.82, 2.24) is 0 Å². The molecule has 14 heavy (non-hydrogen) atoms. The molecule has 0 radical (unpaired) electrons. The highest BCUT2D eigenvalue weighted by molar-refractivity contribution is 9.10. The molecular weight excluding hydrogens is 274 g/mol. The number of hydrogen-bond donors (Lipinski definition) is 2. The van der Waals surface area contributed by atoms with Crippen LogP contribution in [0.25, 0.3) is 0 Å². The highest BCUT2D eigenvalue weighted by Crippen LogP contribution is 2.32. The standard InChI is InChI=1S/C8H7BrClFN2O/c9-4-1-5(11)8(6(14)2-4)13-7(12)3-10/h1-2,14H,3H2,(H2,12,13). The fourth-order valence-electron chi connectivity index (χ4n) is 0.837. The Labute approximate surface area is 93.5 Å². The molecule has 0 aromatic heterocycles. The minimum Gasteiger partial charge on any atom is -0.506 e. The van der Waals surface area contributed by atoms with Gasteiger partial charge in [0.2, 0.25) is 0 Å². The number of phenolic OH excluding ortho intramolecular Hbond substituents is 1. The fraction of sp³-hybridized carbons (Fsp3) is 0.125. The highest BCUT2D eigenvalue weighted by Gasteiger charge is 2.08. The zero-order chi connectivity index (χ0) is 10.7. The number of aromatic hydroxyl groups is 1. The smallest absolute Gasteiger partial charge is 0.153 e. The largest absolute Gasteiger partial charge is 0.506 e. The number of benzene rings is 1. The molecule has 0 fully saturated rings. The Hall–Kier alpha value is -0.810. The number of alkyl halides is 1. The molecule has 1 aromatic carbocycles. The SMILES string of the molecule is NC(CCl)=Nc1c(O)cc(Br)cc1F. The lowest BCUT2D eigenvalue weighted by atomic mass is 10.3. The van der Waals surface area contributed by atoms with Crippen LogP contribution >= 0.6 is 27.5 Å². The molecule has 0 saturated heterocycles. The van der Waals surface area contributed by atoms with Gasteiger partial charge in [-0.25, -0.2) is 9.38 Å². The molecule has 76 valence electrons. The number of hydrogen-bond acceptors (Lipinski definition) is 2. The van der Waals surface area contributed by atoms with Gasteiger partial charge in [0.1, 0.15) is 17.3 Å². The van der Waals surface area contributed by atoms with Gasteiger partial charge in [-0.05, 0) is 12.1 Å². The lowest BCUT2D eigenvalue weighted by Crippen LogP contribution is -2.12. The lowest BCUT2D eigenvalue weighted by molar-refractivity contribution is 0.471. The molecule has 0 aliphatic heterocycles. The highest BCUT2D eigenvalue weighted by atomic mass is 79.9. The van der Waals surface area contributed by atoms with E-state index in [9.17, 15) is 9.50 Å². The maximum Gasteiger partial charge on any atom is 0.153 e. The molecule has 3 nitrogen and oxygen atoms in total. The van der Waals surface area contributed by atoms with Crippen molar-refractivity contribution in [3.63, 3.8) is 0 Å². The van der Waals surface area contributed by atoms with Crippen molar-refractivity contribution in [2.45, 2.75) is 0 Å². The minimum atomic E-state index is -0.662. The van der Waals surface area contributed by atoms with Crippen LogP contribution in [0.2, 0.25) is 0 Å². The molecule has 0 saturated carbocycles. The van der Waals surface area contributed by atoms with Crippen LogP contribution in [0.5, 0.6) is 5.75 Å². The molecule has 3 N–H and O–H groups in total. The van der Waals surface area contributed by atoms with Gasteiger partial charge in [0, 0.05) is 4.47 Å². The molecule has 0 heterocycles. The average Bonchev–Trinajstić information content (AvgIpc) is 2.10. The summed E-state index contributed by atoms with van der Waals surface area (Å²) in [4.78, 5) is 3.63. The van der Waals surface area contributed by atoms with Crippen molar-refractivity contribution >= 4 is 39.1 Å². The number of phenols is 1. The Morgan fingerprint density at radius 3 is 2.79 bits per heavy atom. The average molecular weight is 282 g/mol. The summed E-state index contributed by atoms with van der Waals surface area (Å²) in [6.45, 7) is 0. The monoisotopic (exact) mass is 280 g/mol. The number of nitrogens with zero attached hydrogens (tertiary/aromatic N) is 1. The first kappa shape index (κ1) is 11.3. The van der Waals surface area contributed by atoms with Crippen LogP contribution in [0.15, 0.2) is 21.6 Å². The van der Waals surface area contributed by atoms with Gasteiger partial charge in [0.25, 0.3) is 0 Å². The molecule has 6 heteroatoms. The van der Waals surface area contributed by atoms with Crippen LogP contribution in [-0.2, 0) is 0 Å². The number of aliphatic imine (C=N–C) groups is 1. The Bertz CT molecular complexity index is 361. The van der Waals surface area contributed by atoms with Crippen LogP contribution in [-0.4, -0.2) is 16.8 Å². The van der Waals surface area contributed by atoms with Gasteiger partial charge in [-0.2, -0.15) is 0 Å². The summed E-state index contributed by atoms with van der Waals surface area (Å²) < 4.78 is 13.6. The third-order valence-corrected chi connectivity index (χ3v) is 2.13. The van der Waals surface area contributed by atoms with E-state index in [4.69, 9.17) is 17.3 Å². The van der Waals surface area contributed by atoms with Gasteiger partial charge in [-0.15, -0.1) is 11.6 Å². The Balaban J connectivity index is 3.21. The van der Waals surface area contributed by atoms with Crippen LogP contribution in [0.3, 0.4) is 0 Å². The maximum atomic E-state index is 13.2. The van der Waals surface area contributed by atoms with Crippen molar-refractivity contribution in [3.05, 3.63) is 22.4 Å². The molecule has 0 aliphatic rings. The van der Waals surface area contributed by atoms with Crippen LogP contribution in [0, 0.1) is 5.82 Å². The van der Waals surface area contributed by atoms with E-state index in [1.807, 2.05) is 0 Å². The molecule has 0 spiro atoms. The maximum absolute atomic E-state index is 13.2. The van der Waals surface area contributed by atoms with Gasteiger partial charge in [0.15, 0.2) is 5.82 Å². The quantitative estimate of drug-likeness (QED) is 0.497. The first-order chi connectivity index (χ1) is 6.54. The molecule has 0 bridgehead atoms. The van der Waals surface area contributed by atoms with E-state index in [-0.39, 0.29) is 23.2 Å². The predicted molar refractivity (Wildman–Crippen MR) is 57.8 cm³/mol. The second-order valence-corrected chi connectivity index (χ2v) is 3.68. The first-order valence-electron chi connectivity index (χ1n) is 3.61. The van der Waals surface area contributed by atoms with Gasteiger partial charge in [0.05, 0.1) is 5.88 Å². The summed E-state index contributed by atoms with van der Waals surface area (Å²) in [6, 6.07) is 2.50. The lowest BCUT2D eigenvalue weighted by Gasteiger charge is -2.02. The van der Waals surface area contributed by atoms with Gasteiger partial charge in [-0.1, -0.05) is 15.9 Å².